The number of carboxylic acids is 1. The first-order chi connectivity index (χ1) is 7.16. The number of imide groups is 1. The lowest BCUT2D eigenvalue weighted by molar-refractivity contribution is -0.159. The average molecular weight is 227 g/mol. The summed E-state index contributed by atoms with van der Waals surface area (Å²) in [5.74, 6) is -2.31. The Morgan fingerprint density at radius 1 is 1.44 bits per heavy atom. The van der Waals surface area contributed by atoms with Gasteiger partial charge in [0.05, 0.1) is 0 Å². The van der Waals surface area contributed by atoms with Crippen molar-refractivity contribution >= 4 is 17.8 Å². The fourth-order valence-corrected chi connectivity index (χ4v) is 1.95. The van der Waals surface area contributed by atoms with Crippen LogP contribution in [0.3, 0.4) is 0 Å². The minimum absolute atomic E-state index is 0.110. The van der Waals surface area contributed by atoms with Gasteiger partial charge < -0.3 is 5.11 Å². The predicted molar refractivity (Wildman–Crippen MR) is 56.5 cm³/mol. The van der Waals surface area contributed by atoms with Crippen LogP contribution in [0.25, 0.3) is 0 Å². The zero-order valence-corrected chi connectivity index (χ0v) is 9.98. The Labute approximate surface area is 94.4 Å². The summed E-state index contributed by atoms with van der Waals surface area (Å²) >= 11 is 0. The van der Waals surface area contributed by atoms with Gasteiger partial charge in [0.25, 0.3) is 0 Å². The molecule has 0 spiro atoms. The predicted octanol–water partition coefficient (Wildman–Crippen LogP) is 0.881. The van der Waals surface area contributed by atoms with E-state index in [1.54, 1.807) is 27.7 Å². The summed E-state index contributed by atoms with van der Waals surface area (Å²) in [6.07, 6.45) is 0.110. The standard InChI is InChI=1S/C11H17NO4/c1-6-5-7(13)12(9(6)14)8(10(15)16)11(2,3)4/h6,8H,5H2,1-4H3,(H,15,16). The molecule has 0 aromatic carbocycles. The zero-order valence-electron chi connectivity index (χ0n) is 9.98. The van der Waals surface area contributed by atoms with Gasteiger partial charge >= 0.3 is 5.97 Å². The summed E-state index contributed by atoms with van der Waals surface area (Å²) in [7, 11) is 0. The van der Waals surface area contributed by atoms with Crippen LogP contribution >= 0.6 is 0 Å². The van der Waals surface area contributed by atoms with Crippen LogP contribution in [-0.2, 0) is 14.4 Å². The fraction of sp³-hybridized carbons (Fsp3) is 0.727. The lowest BCUT2D eigenvalue weighted by atomic mass is 9.85. The van der Waals surface area contributed by atoms with Crippen LogP contribution in [0.5, 0.6) is 0 Å². The molecule has 2 amide bonds. The third kappa shape index (κ3) is 2.08. The first kappa shape index (κ1) is 12.7. The van der Waals surface area contributed by atoms with E-state index in [4.69, 9.17) is 5.11 Å². The largest absolute Gasteiger partial charge is 0.480 e. The maximum absolute atomic E-state index is 11.8. The number of carbonyl (C=O) groups is 3. The van der Waals surface area contributed by atoms with E-state index in [2.05, 4.69) is 0 Å². The molecule has 1 N–H and O–H groups in total. The molecule has 1 rings (SSSR count). The van der Waals surface area contributed by atoms with Crippen LogP contribution < -0.4 is 0 Å². The van der Waals surface area contributed by atoms with Crippen molar-refractivity contribution in [3.05, 3.63) is 0 Å². The molecule has 0 saturated carbocycles. The molecule has 1 aliphatic heterocycles. The van der Waals surface area contributed by atoms with Gasteiger partial charge in [-0.3, -0.25) is 14.5 Å². The minimum Gasteiger partial charge on any atom is -0.480 e. The highest BCUT2D eigenvalue weighted by Gasteiger charge is 2.47. The second kappa shape index (κ2) is 3.88. The van der Waals surface area contributed by atoms with Crippen molar-refractivity contribution in [1.29, 1.82) is 0 Å². The van der Waals surface area contributed by atoms with Crippen molar-refractivity contribution in [3.63, 3.8) is 0 Å². The number of carboxylic acid groups (broad SMARTS) is 1. The maximum Gasteiger partial charge on any atom is 0.327 e. The average Bonchev–Trinajstić information content (AvgIpc) is 2.29. The highest BCUT2D eigenvalue weighted by atomic mass is 16.4. The summed E-state index contributed by atoms with van der Waals surface area (Å²) in [6, 6.07) is -1.09. The van der Waals surface area contributed by atoms with Crippen molar-refractivity contribution in [1.82, 2.24) is 4.90 Å². The van der Waals surface area contributed by atoms with E-state index in [1.165, 1.54) is 0 Å². The highest BCUT2D eigenvalue weighted by Crippen LogP contribution is 2.30. The molecule has 0 aromatic heterocycles. The number of carbonyl (C=O) groups excluding carboxylic acids is 2. The van der Waals surface area contributed by atoms with E-state index in [9.17, 15) is 14.4 Å². The third-order valence-corrected chi connectivity index (χ3v) is 2.72. The number of amides is 2. The van der Waals surface area contributed by atoms with Crippen LogP contribution in [-0.4, -0.2) is 33.8 Å². The second-order valence-corrected chi connectivity index (χ2v) is 5.31. The van der Waals surface area contributed by atoms with Gasteiger partial charge in [-0.25, -0.2) is 4.79 Å². The maximum atomic E-state index is 11.8. The summed E-state index contributed by atoms with van der Waals surface area (Å²) in [6.45, 7) is 6.75. The van der Waals surface area contributed by atoms with Crippen molar-refractivity contribution < 1.29 is 19.5 Å². The number of hydrogen-bond donors (Lipinski definition) is 1. The van der Waals surface area contributed by atoms with E-state index >= 15 is 0 Å². The number of aliphatic carboxylic acids is 1. The smallest absolute Gasteiger partial charge is 0.327 e. The number of likely N-dealkylation sites (tertiary alicyclic amines) is 1. The van der Waals surface area contributed by atoms with Crippen LogP contribution in [0.2, 0.25) is 0 Å². The Hall–Kier alpha value is -1.39. The number of hydrogen-bond acceptors (Lipinski definition) is 3. The first-order valence-corrected chi connectivity index (χ1v) is 5.25. The van der Waals surface area contributed by atoms with Crippen molar-refractivity contribution in [2.75, 3.05) is 0 Å². The zero-order chi connectivity index (χ0) is 12.7. The topological polar surface area (TPSA) is 74.7 Å². The van der Waals surface area contributed by atoms with Gasteiger partial charge in [0, 0.05) is 12.3 Å². The second-order valence-electron chi connectivity index (χ2n) is 5.31. The van der Waals surface area contributed by atoms with E-state index in [0.717, 1.165) is 4.90 Å². The van der Waals surface area contributed by atoms with E-state index in [-0.39, 0.29) is 18.2 Å². The SMILES string of the molecule is CC1CC(=O)N(C(C(=O)O)C(C)(C)C)C1=O. The Balaban J connectivity index is 3.10. The molecule has 2 atom stereocenters. The minimum atomic E-state index is -1.14. The van der Waals surface area contributed by atoms with Gasteiger partial charge in [0.2, 0.25) is 11.8 Å². The summed E-state index contributed by atoms with van der Waals surface area (Å²) in [5.41, 5.74) is -0.665. The van der Waals surface area contributed by atoms with Gasteiger partial charge in [-0.1, -0.05) is 27.7 Å². The van der Waals surface area contributed by atoms with Gasteiger partial charge in [0.1, 0.15) is 6.04 Å². The molecule has 0 aromatic rings. The highest BCUT2D eigenvalue weighted by molar-refractivity contribution is 6.06. The van der Waals surface area contributed by atoms with Gasteiger partial charge in [-0.15, -0.1) is 0 Å². The van der Waals surface area contributed by atoms with E-state index in [1.807, 2.05) is 0 Å². The van der Waals surface area contributed by atoms with Crippen LogP contribution in [0, 0.1) is 11.3 Å². The lowest BCUT2D eigenvalue weighted by Crippen LogP contribution is -2.52. The quantitative estimate of drug-likeness (QED) is 0.710. The molecule has 0 radical (unpaired) electrons. The summed E-state index contributed by atoms with van der Waals surface area (Å²) in [4.78, 5) is 35.5. The summed E-state index contributed by atoms with van der Waals surface area (Å²) < 4.78 is 0. The van der Waals surface area contributed by atoms with Gasteiger partial charge in [-0.05, 0) is 5.41 Å². The fourth-order valence-electron chi connectivity index (χ4n) is 1.95. The van der Waals surface area contributed by atoms with Gasteiger partial charge in [0.15, 0.2) is 0 Å². The molecular formula is C11H17NO4. The van der Waals surface area contributed by atoms with E-state index in [0.29, 0.717) is 0 Å². The third-order valence-electron chi connectivity index (χ3n) is 2.72. The lowest BCUT2D eigenvalue weighted by Gasteiger charge is -2.33. The monoisotopic (exact) mass is 227 g/mol. The normalized spacial score (nSPS) is 23.8. The molecule has 1 heterocycles. The number of rotatable bonds is 2. The first-order valence-electron chi connectivity index (χ1n) is 5.25. The molecule has 16 heavy (non-hydrogen) atoms. The molecule has 1 saturated heterocycles. The molecule has 5 nitrogen and oxygen atoms in total. The van der Waals surface area contributed by atoms with Crippen molar-refractivity contribution in [3.8, 4) is 0 Å². The van der Waals surface area contributed by atoms with Crippen LogP contribution in [0.4, 0.5) is 0 Å². The molecule has 2 unspecified atom stereocenters. The van der Waals surface area contributed by atoms with Crippen molar-refractivity contribution in [2.24, 2.45) is 11.3 Å². The number of nitrogens with zero attached hydrogens (tertiary/aromatic N) is 1. The molecule has 5 heteroatoms. The molecule has 1 fully saturated rings. The molecular weight excluding hydrogens is 210 g/mol. The van der Waals surface area contributed by atoms with Crippen LogP contribution in [0.15, 0.2) is 0 Å². The Kier molecular flexibility index (Phi) is 3.08. The summed E-state index contributed by atoms with van der Waals surface area (Å²) in [5, 5.41) is 9.14. The molecule has 0 aliphatic carbocycles. The molecule has 1 aliphatic rings. The van der Waals surface area contributed by atoms with Crippen LogP contribution in [0.1, 0.15) is 34.1 Å². The van der Waals surface area contributed by atoms with Crippen molar-refractivity contribution in [2.45, 2.75) is 40.2 Å². The molecule has 90 valence electrons. The van der Waals surface area contributed by atoms with Gasteiger partial charge in [-0.2, -0.15) is 0 Å². The Morgan fingerprint density at radius 2 is 1.94 bits per heavy atom. The Morgan fingerprint density at radius 3 is 2.19 bits per heavy atom. The Bertz CT molecular complexity index is 342. The van der Waals surface area contributed by atoms with E-state index < -0.39 is 23.3 Å². The molecule has 0 bridgehead atoms.